The van der Waals surface area contributed by atoms with Crippen LogP contribution in [0.4, 0.5) is 4.39 Å². The van der Waals surface area contributed by atoms with E-state index in [1.54, 1.807) is 17.5 Å². The van der Waals surface area contributed by atoms with Crippen LogP contribution >= 0.6 is 0 Å². The molecular weight excluding hydrogens is 419 g/mol. The van der Waals surface area contributed by atoms with Gasteiger partial charge in [-0.3, -0.25) is 9.20 Å². The monoisotopic (exact) mass is 448 g/mol. The summed E-state index contributed by atoms with van der Waals surface area (Å²) in [4.78, 5) is 15.1. The summed E-state index contributed by atoms with van der Waals surface area (Å²) in [6, 6.07) is 6.01. The molecule has 1 saturated heterocycles. The summed E-state index contributed by atoms with van der Waals surface area (Å²) in [6.07, 6.45) is 9.67. The van der Waals surface area contributed by atoms with Crippen molar-refractivity contribution in [2.24, 2.45) is 13.0 Å². The lowest BCUT2D eigenvalue weighted by molar-refractivity contribution is 0.182. The van der Waals surface area contributed by atoms with Gasteiger partial charge in [0.15, 0.2) is 5.65 Å². The van der Waals surface area contributed by atoms with Crippen LogP contribution < -0.4 is 5.56 Å². The van der Waals surface area contributed by atoms with Gasteiger partial charge in [0.25, 0.3) is 5.56 Å². The van der Waals surface area contributed by atoms with E-state index in [-0.39, 0.29) is 11.4 Å². The van der Waals surface area contributed by atoms with Gasteiger partial charge in [0, 0.05) is 18.6 Å². The number of pyridine rings is 1. The molecular formula is C25H29FN6O. The molecule has 8 heteroatoms. The number of fused-ring (bicyclic) bond motifs is 2. The molecule has 3 aromatic heterocycles. The van der Waals surface area contributed by atoms with Crippen molar-refractivity contribution in [2.75, 3.05) is 19.6 Å². The normalized spacial score (nSPS) is 15.6. The second-order valence-electron chi connectivity index (χ2n) is 9.24. The minimum absolute atomic E-state index is 0.0266. The van der Waals surface area contributed by atoms with E-state index in [2.05, 4.69) is 32.3 Å². The second-order valence-corrected chi connectivity index (χ2v) is 9.24. The Hall–Kier alpha value is -3.13. The number of piperidine rings is 1. The number of benzene rings is 1. The van der Waals surface area contributed by atoms with Gasteiger partial charge in [-0.15, -0.1) is 10.2 Å². The SMILES string of the molecule is Cc1ccc(CC2CCN(CCCc3cc4nncn4cc3F)CC2)c2cnn(C)c(=O)c12. The molecule has 0 unspecified atom stereocenters. The second kappa shape index (κ2) is 9.02. The number of nitrogens with zero attached hydrogens (tertiary/aromatic N) is 6. The fraction of sp³-hybridized carbons (Fsp3) is 0.440. The number of aromatic nitrogens is 5. The Morgan fingerprint density at radius 3 is 2.82 bits per heavy atom. The average molecular weight is 449 g/mol. The van der Waals surface area contributed by atoms with E-state index >= 15 is 0 Å². The molecule has 0 saturated carbocycles. The van der Waals surface area contributed by atoms with Crippen LogP contribution in [0.5, 0.6) is 0 Å². The van der Waals surface area contributed by atoms with Crippen LogP contribution in [-0.4, -0.2) is 48.9 Å². The highest BCUT2D eigenvalue weighted by Gasteiger charge is 2.21. The predicted molar refractivity (Wildman–Crippen MR) is 126 cm³/mol. The molecule has 0 spiro atoms. The first-order chi connectivity index (χ1) is 16.0. The van der Waals surface area contributed by atoms with Crippen LogP contribution in [0.3, 0.4) is 0 Å². The Bertz CT molecular complexity index is 1350. The number of hydrogen-bond donors (Lipinski definition) is 0. The molecule has 7 nitrogen and oxygen atoms in total. The van der Waals surface area contributed by atoms with E-state index in [4.69, 9.17) is 0 Å². The van der Waals surface area contributed by atoms with Gasteiger partial charge >= 0.3 is 0 Å². The van der Waals surface area contributed by atoms with Crippen molar-refractivity contribution in [3.63, 3.8) is 0 Å². The van der Waals surface area contributed by atoms with Gasteiger partial charge in [-0.25, -0.2) is 9.07 Å². The summed E-state index contributed by atoms with van der Waals surface area (Å²) < 4.78 is 17.3. The zero-order valence-electron chi connectivity index (χ0n) is 19.2. The van der Waals surface area contributed by atoms with Gasteiger partial charge in [0.1, 0.15) is 12.1 Å². The number of rotatable bonds is 6. The quantitative estimate of drug-likeness (QED) is 0.453. The maximum atomic E-state index is 14.3. The van der Waals surface area contributed by atoms with E-state index in [1.165, 1.54) is 22.8 Å². The van der Waals surface area contributed by atoms with Crippen LogP contribution in [-0.2, 0) is 19.9 Å². The molecule has 5 rings (SSSR count). The molecule has 4 heterocycles. The molecule has 0 N–H and O–H groups in total. The van der Waals surface area contributed by atoms with Gasteiger partial charge in [-0.2, -0.15) is 5.10 Å². The van der Waals surface area contributed by atoms with Gasteiger partial charge in [0.05, 0.1) is 11.6 Å². The Balaban J connectivity index is 1.16. The number of aryl methyl sites for hydroxylation is 3. The van der Waals surface area contributed by atoms with Crippen molar-refractivity contribution >= 4 is 16.4 Å². The zero-order chi connectivity index (χ0) is 22.9. The lowest BCUT2D eigenvalue weighted by Gasteiger charge is -2.32. The van der Waals surface area contributed by atoms with E-state index in [0.29, 0.717) is 23.5 Å². The molecule has 172 valence electrons. The largest absolute Gasteiger partial charge is 0.303 e. The first-order valence-electron chi connectivity index (χ1n) is 11.6. The molecule has 4 aromatic rings. The van der Waals surface area contributed by atoms with Crippen molar-refractivity contribution in [1.29, 1.82) is 0 Å². The van der Waals surface area contributed by atoms with Gasteiger partial charge in [-0.05, 0) is 87.3 Å². The van der Waals surface area contributed by atoms with Gasteiger partial charge < -0.3 is 4.90 Å². The van der Waals surface area contributed by atoms with E-state index in [9.17, 15) is 9.18 Å². The fourth-order valence-electron chi connectivity index (χ4n) is 5.03. The zero-order valence-corrected chi connectivity index (χ0v) is 19.2. The lowest BCUT2D eigenvalue weighted by Crippen LogP contribution is -2.35. The summed E-state index contributed by atoms with van der Waals surface area (Å²) in [5.74, 6) is 0.402. The van der Waals surface area contributed by atoms with Crippen molar-refractivity contribution in [1.82, 2.24) is 29.3 Å². The van der Waals surface area contributed by atoms with Crippen LogP contribution in [0.15, 0.2) is 41.7 Å². The highest BCUT2D eigenvalue weighted by Crippen LogP contribution is 2.26. The minimum Gasteiger partial charge on any atom is -0.303 e. The first-order valence-corrected chi connectivity index (χ1v) is 11.6. The van der Waals surface area contributed by atoms with Crippen molar-refractivity contribution in [3.8, 4) is 0 Å². The lowest BCUT2D eigenvalue weighted by atomic mass is 9.88. The van der Waals surface area contributed by atoms with Gasteiger partial charge in [0.2, 0.25) is 0 Å². The summed E-state index contributed by atoms with van der Waals surface area (Å²) in [6.45, 7) is 5.07. The first kappa shape index (κ1) is 21.7. The molecule has 1 aliphatic heterocycles. The van der Waals surface area contributed by atoms with E-state index in [0.717, 1.165) is 61.7 Å². The predicted octanol–water partition coefficient (Wildman–Crippen LogP) is 3.31. The maximum absolute atomic E-state index is 14.3. The van der Waals surface area contributed by atoms with Crippen molar-refractivity contribution < 1.29 is 4.39 Å². The molecule has 0 atom stereocenters. The number of halogens is 1. The maximum Gasteiger partial charge on any atom is 0.274 e. The Morgan fingerprint density at radius 1 is 1.18 bits per heavy atom. The van der Waals surface area contributed by atoms with Crippen LogP contribution in [0.1, 0.15) is 36.0 Å². The molecule has 1 aliphatic rings. The van der Waals surface area contributed by atoms with Crippen LogP contribution in [0.25, 0.3) is 16.4 Å². The summed E-state index contributed by atoms with van der Waals surface area (Å²) >= 11 is 0. The highest BCUT2D eigenvalue weighted by atomic mass is 19.1. The molecule has 0 amide bonds. The molecule has 0 bridgehead atoms. The van der Waals surface area contributed by atoms with E-state index < -0.39 is 0 Å². The molecule has 0 radical (unpaired) electrons. The summed E-state index contributed by atoms with van der Waals surface area (Å²) in [5.41, 5.74) is 3.59. The summed E-state index contributed by atoms with van der Waals surface area (Å²) in [7, 11) is 1.70. The molecule has 33 heavy (non-hydrogen) atoms. The molecule has 0 aliphatic carbocycles. The third-order valence-electron chi connectivity index (χ3n) is 7.01. The number of hydrogen-bond acceptors (Lipinski definition) is 5. The van der Waals surface area contributed by atoms with Gasteiger partial charge in [-0.1, -0.05) is 12.1 Å². The van der Waals surface area contributed by atoms with Crippen LogP contribution in [0, 0.1) is 18.7 Å². The van der Waals surface area contributed by atoms with Crippen molar-refractivity contribution in [3.05, 3.63) is 69.8 Å². The number of likely N-dealkylation sites (tertiary alicyclic amines) is 1. The van der Waals surface area contributed by atoms with Crippen LogP contribution in [0.2, 0.25) is 0 Å². The van der Waals surface area contributed by atoms with Crippen molar-refractivity contribution in [2.45, 2.75) is 39.0 Å². The summed E-state index contributed by atoms with van der Waals surface area (Å²) in [5, 5.41) is 13.9. The topological polar surface area (TPSA) is 68.3 Å². The average Bonchev–Trinajstić information content (AvgIpc) is 3.26. The third-order valence-corrected chi connectivity index (χ3v) is 7.01. The smallest absolute Gasteiger partial charge is 0.274 e. The fourth-order valence-corrected chi connectivity index (χ4v) is 5.03. The van der Waals surface area contributed by atoms with E-state index in [1.807, 2.05) is 13.1 Å². The minimum atomic E-state index is -0.198. The Morgan fingerprint density at radius 2 is 2.00 bits per heavy atom. The third kappa shape index (κ3) is 4.39. The Labute approximate surface area is 191 Å². The Kier molecular flexibility index (Phi) is 5.93. The molecule has 1 aromatic carbocycles. The highest BCUT2D eigenvalue weighted by molar-refractivity contribution is 5.87. The molecule has 1 fully saturated rings. The standard InChI is InChI=1S/C25H29FN6O/c1-17-5-6-19(21-14-28-30(2)25(33)24(17)21)12-18-7-10-31(11-8-18)9-3-4-20-13-23-29-27-16-32(23)15-22(20)26/h5-6,13-16,18H,3-4,7-12H2,1-2H3.